The Morgan fingerprint density at radius 1 is 1.07 bits per heavy atom. The number of aryl methyl sites for hydroxylation is 1. The van der Waals surface area contributed by atoms with Crippen LogP contribution >= 0.6 is 0 Å². The first-order chi connectivity index (χ1) is 14.4. The van der Waals surface area contributed by atoms with E-state index in [-0.39, 0.29) is 17.7 Å². The van der Waals surface area contributed by atoms with Gasteiger partial charge in [-0.05, 0) is 49.9 Å². The lowest BCUT2D eigenvalue weighted by Crippen LogP contribution is -2.50. The molecule has 0 radical (unpaired) electrons. The van der Waals surface area contributed by atoms with E-state index in [9.17, 15) is 9.59 Å². The first kappa shape index (κ1) is 23.3. The van der Waals surface area contributed by atoms with E-state index in [0.717, 1.165) is 16.9 Å². The molecule has 0 spiro atoms. The Hall–Kier alpha value is -3.02. The zero-order valence-corrected chi connectivity index (χ0v) is 18.5. The molecule has 6 nitrogen and oxygen atoms in total. The zero-order valence-electron chi connectivity index (χ0n) is 18.5. The Morgan fingerprint density at radius 2 is 1.80 bits per heavy atom. The fourth-order valence-corrected chi connectivity index (χ4v) is 3.22. The zero-order chi connectivity index (χ0) is 22.1. The Bertz CT molecular complexity index is 864. The Morgan fingerprint density at radius 3 is 2.47 bits per heavy atom. The summed E-state index contributed by atoms with van der Waals surface area (Å²) in [6.07, 6.45) is 0.641. The maximum atomic E-state index is 12.8. The fourth-order valence-electron chi connectivity index (χ4n) is 3.22. The lowest BCUT2D eigenvalue weighted by atomic mass is 10.0. The van der Waals surface area contributed by atoms with Gasteiger partial charge in [-0.2, -0.15) is 0 Å². The van der Waals surface area contributed by atoms with Gasteiger partial charge in [0.2, 0.25) is 5.91 Å². The average molecular weight is 413 g/mol. The van der Waals surface area contributed by atoms with Crippen LogP contribution in [0, 0.1) is 12.8 Å². The molecule has 2 rings (SSSR count). The standard InChI is InChI=1S/C24H32N2O4/c1-6-30-21-10-8-7-9-19(21)23(27)26-22(16(2)3)24(28)25-14-13-18-15-17(4)11-12-20(18)29-5/h7-12,15-16,22H,6,13-14H2,1-5H3,(H,25,28)(H,26,27). The summed E-state index contributed by atoms with van der Waals surface area (Å²) in [5.74, 6) is 0.705. The van der Waals surface area contributed by atoms with Crippen LogP contribution in [0.25, 0.3) is 0 Å². The minimum Gasteiger partial charge on any atom is -0.496 e. The monoisotopic (exact) mass is 412 g/mol. The maximum absolute atomic E-state index is 12.8. The molecule has 0 aromatic heterocycles. The van der Waals surface area contributed by atoms with Gasteiger partial charge in [-0.25, -0.2) is 0 Å². The molecule has 2 aromatic carbocycles. The number of carbonyl (C=O) groups excluding carboxylic acids is 2. The van der Waals surface area contributed by atoms with Gasteiger partial charge in [0.15, 0.2) is 0 Å². The fraction of sp³-hybridized carbons (Fsp3) is 0.417. The summed E-state index contributed by atoms with van der Waals surface area (Å²) in [7, 11) is 1.64. The molecule has 6 heteroatoms. The first-order valence-corrected chi connectivity index (χ1v) is 10.3. The van der Waals surface area contributed by atoms with Crippen LogP contribution in [0.1, 0.15) is 42.3 Å². The largest absolute Gasteiger partial charge is 0.496 e. The molecule has 0 aliphatic carbocycles. The highest BCUT2D eigenvalue weighted by Gasteiger charge is 2.25. The summed E-state index contributed by atoms with van der Waals surface area (Å²) in [5.41, 5.74) is 2.59. The molecule has 2 aromatic rings. The van der Waals surface area contributed by atoms with Gasteiger partial charge in [0.25, 0.3) is 5.91 Å². The van der Waals surface area contributed by atoms with Crippen molar-refractivity contribution in [3.05, 3.63) is 59.2 Å². The molecule has 0 saturated carbocycles. The van der Waals surface area contributed by atoms with Crippen LogP contribution in [-0.2, 0) is 11.2 Å². The Labute approximate surface area is 179 Å². The number of carbonyl (C=O) groups is 2. The lowest BCUT2D eigenvalue weighted by molar-refractivity contribution is -0.123. The van der Waals surface area contributed by atoms with Crippen molar-refractivity contribution in [3.8, 4) is 11.5 Å². The number of benzene rings is 2. The number of ether oxygens (including phenoxy) is 2. The van der Waals surface area contributed by atoms with E-state index < -0.39 is 6.04 Å². The summed E-state index contributed by atoms with van der Waals surface area (Å²) >= 11 is 0. The molecular formula is C24H32N2O4. The predicted octanol–water partition coefficient (Wildman–Crippen LogP) is 3.52. The minimum atomic E-state index is -0.647. The molecule has 162 valence electrons. The van der Waals surface area contributed by atoms with E-state index >= 15 is 0 Å². The highest BCUT2D eigenvalue weighted by molar-refractivity contribution is 5.99. The van der Waals surface area contributed by atoms with E-state index in [1.807, 2.05) is 45.9 Å². The molecule has 2 amide bonds. The molecule has 1 atom stereocenters. The highest BCUT2D eigenvalue weighted by Crippen LogP contribution is 2.20. The van der Waals surface area contributed by atoms with Crippen LogP contribution < -0.4 is 20.1 Å². The first-order valence-electron chi connectivity index (χ1n) is 10.3. The van der Waals surface area contributed by atoms with Crippen LogP contribution in [0.3, 0.4) is 0 Å². The third-order valence-electron chi connectivity index (χ3n) is 4.80. The topological polar surface area (TPSA) is 76.7 Å². The van der Waals surface area contributed by atoms with Crippen molar-refractivity contribution in [2.75, 3.05) is 20.3 Å². The van der Waals surface area contributed by atoms with Crippen molar-refractivity contribution in [2.45, 2.75) is 40.2 Å². The molecule has 0 heterocycles. The van der Waals surface area contributed by atoms with E-state index in [4.69, 9.17) is 9.47 Å². The van der Waals surface area contributed by atoms with Crippen LogP contribution in [0.2, 0.25) is 0 Å². The second-order valence-corrected chi connectivity index (χ2v) is 7.48. The number of amides is 2. The highest BCUT2D eigenvalue weighted by atomic mass is 16.5. The average Bonchev–Trinajstić information content (AvgIpc) is 2.72. The van der Waals surface area contributed by atoms with Gasteiger partial charge in [0.1, 0.15) is 17.5 Å². The van der Waals surface area contributed by atoms with Gasteiger partial charge in [0, 0.05) is 6.54 Å². The summed E-state index contributed by atoms with van der Waals surface area (Å²) < 4.78 is 10.9. The number of hydrogen-bond donors (Lipinski definition) is 2. The van der Waals surface area contributed by atoms with Gasteiger partial charge in [-0.1, -0.05) is 43.7 Å². The molecule has 30 heavy (non-hydrogen) atoms. The number of rotatable bonds is 10. The molecule has 2 N–H and O–H groups in total. The van der Waals surface area contributed by atoms with Crippen LogP contribution in [-0.4, -0.2) is 38.1 Å². The smallest absolute Gasteiger partial charge is 0.255 e. The molecule has 0 fully saturated rings. The number of hydrogen-bond acceptors (Lipinski definition) is 4. The van der Waals surface area contributed by atoms with Crippen molar-refractivity contribution >= 4 is 11.8 Å². The molecule has 1 unspecified atom stereocenters. The quantitative estimate of drug-likeness (QED) is 0.626. The summed E-state index contributed by atoms with van der Waals surface area (Å²) in [4.78, 5) is 25.6. The van der Waals surface area contributed by atoms with E-state index in [1.54, 1.807) is 25.3 Å². The molecular weight excluding hydrogens is 380 g/mol. The predicted molar refractivity (Wildman–Crippen MR) is 118 cm³/mol. The summed E-state index contributed by atoms with van der Waals surface area (Å²) in [6.45, 7) is 8.60. The lowest BCUT2D eigenvalue weighted by Gasteiger charge is -2.22. The Balaban J connectivity index is 2.02. The van der Waals surface area contributed by atoms with Gasteiger partial charge < -0.3 is 20.1 Å². The van der Waals surface area contributed by atoms with Gasteiger partial charge in [0.05, 0.1) is 19.3 Å². The minimum absolute atomic E-state index is 0.0679. The van der Waals surface area contributed by atoms with Crippen LogP contribution in [0.5, 0.6) is 11.5 Å². The van der Waals surface area contributed by atoms with Crippen LogP contribution in [0.15, 0.2) is 42.5 Å². The van der Waals surface area contributed by atoms with Gasteiger partial charge in [-0.15, -0.1) is 0 Å². The second kappa shape index (κ2) is 11.2. The van der Waals surface area contributed by atoms with Crippen molar-refractivity contribution < 1.29 is 19.1 Å². The van der Waals surface area contributed by atoms with Gasteiger partial charge in [-0.3, -0.25) is 9.59 Å². The third-order valence-corrected chi connectivity index (χ3v) is 4.80. The van der Waals surface area contributed by atoms with Gasteiger partial charge >= 0.3 is 0 Å². The summed E-state index contributed by atoms with van der Waals surface area (Å²) in [5, 5.41) is 5.80. The second-order valence-electron chi connectivity index (χ2n) is 7.48. The Kier molecular flexibility index (Phi) is 8.71. The summed E-state index contributed by atoms with van der Waals surface area (Å²) in [6, 6.07) is 12.4. The van der Waals surface area contributed by atoms with Crippen molar-refractivity contribution in [1.82, 2.24) is 10.6 Å². The van der Waals surface area contributed by atoms with Crippen molar-refractivity contribution in [1.29, 1.82) is 0 Å². The SMILES string of the molecule is CCOc1ccccc1C(=O)NC(C(=O)NCCc1cc(C)ccc1OC)C(C)C. The molecule has 0 bridgehead atoms. The normalized spacial score (nSPS) is 11.7. The van der Waals surface area contributed by atoms with Crippen molar-refractivity contribution in [3.63, 3.8) is 0 Å². The van der Waals surface area contributed by atoms with Crippen LogP contribution in [0.4, 0.5) is 0 Å². The number of methoxy groups -OCH3 is 1. The molecule has 0 aliphatic heterocycles. The van der Waals surface area contributed by atoms with E-state index in [0.29, 0.717) is 30.9 Å². The number of nitrogens with one attached hydrogen (secondary N) is 2. The number of para-hydroxylation sites is 1. The van der Waals surface area contributed by atoms with Crippen molar-refractivity contribution in [2.24, 2.45) is 5.92 Å². The third kappa shape index (κ3) is 6.24. The molecule has 0 aliphatic rings. The van der Waals surface area contributed by atoms with E-state index in [2.05, 4.69) is 16.7 Å². The maximum Gasteiger partial charge on any atom is 0.255 e. The molecule has 0 saturated heterocycles. The van der Waals surface area contributed by atoms with E-state index in [1.165, 1.54) is 0 Å².